The number of methoxy groups -OCH3 is 2. The van der Waals surface area contributed by atoms with Crippen LogP contribution in [0.2, 0.25) is 0 Å². The lowest BCUT2D eigenvalue weighted by atomic mass is 9.99. The molecule has 3 aromatic rings. The topological polar surface area (TPSA) is 98.1 Å². The maximum atomic E-state index is 14.4. The molecule has 1 heterocycles. The van der Waals surface area contributed by atoms with Crippen LogP contribution in [0.5, 0.6) is 11.5 Å². The molecule has 9 heteroatoms. The lowest BCUT2D eigenvalue weighted by Crippen LogP contribution is -2.29. The fourth-order valence-corrected chi connectivity index (χ4v) is 5.49. The van der Waals surface area contributed by atoms with Gasteiger partial charge in [0, 0.05) is 12.0 Å². The summed E-state index contributed by atoms with van der Waals surface area (Å²) >= 11 is 1.08. The maximum absolute atomic E-state index is 14.4. The van der Waals surface area contributed by atoms with Gasteiger partial charge in [-0.3, -0.25) is 0 Å². The summed E-state index contributed by atoms with van der Waals surface area (Å²) in [6.07, 6.45) is 2.45. The molecule has 4 rings (SSSR count). The summed E-state index contributed by atoms with van der Waals surface area (Å²) in [6, 6.07) is 5.87. The molecule has 1 aliphatic rings. The average Bonchev–Trinajstić information content (AvgIpc) is 3.48. The highest BCUT2D eigenvalue weighted by Gasteiger charge is 2.30. The molecule has 0 radical (unpaired) electrons. The zero-order chi connectivity index (χ0) is 24.4. The van der Waals surface area contributed by atoms with E-state index in [0.29, 0.717) is 22.1 Å². The Morgan fingerprint density at radius 2 is 1.85 bits per heavy atom. The predicted octanol–water partition coefficient (Wildman–Crippen LogP) is 5.06. The summed E-state index contributed by atoms with van der Waals surface area (Å²) < 4.78 is 31.8. The number of hydrogen-bond acceptors (Lipinski definition) is 7. The second-order valence-corrected chi connectivity index (χ2v) is 9.55. The van der Waals surface area contributed by atoms with E-state index in [1.54, 1.807) is 26.4 Å². The van der Waals surface area contributed by atoms with Crippen LogP contribution in [0.15, 0.2) is 24.3 Å². The largest absolute Gasteiger partial charge is 0.496 e. The zero-order valence-electron chi connectivity index (χ0n) is 19.3. The molecule has 2 atom stereocenters. The standard InChI is InChI=1S/C25H28FNO6S/c1-13-18(31-2)10-14(11-19(13)32-3)23(28)20(33-15-6-4-5-7-15)12-21-27-22-16(25(29)30)8-9-17(26)24(22)34-21/h8-11,15,20,23,28H,4-7,12H2,1-3H3,(H,29,30)/t20-,23+/m0/s1. The summed E-state index contributed by atoms with van der Waals surface area (Å²) in [5.74, 6) is -0.521. The number of nitrogens with zero attached hydrogens (tertiary/aromatic N) is 1. The summed E-state index contributed by atoms with van der Waals surface area (Å²) in [6.45, 7) is 1.87. The monoisotopic (exact) mass is 489 g/mol. The molecular formula is C25H28FNO6S. The quantitative estimate of drug-likeness (QED) is 0.433. The Morgan fingerprint density at radius 3 is 2.44 bits per heavy atom. The van der Waals surface area contributed by atoms with Crippen molar-refractivity contribution in [1.29, 1.82) is 0 Å². The molecule has 1 fully saturated rings. The Hall–Kier alpha value is -2.75. The van der Waals surface area contributed by atoms with Gasteiger partial charge in [-0.25, -0.2) is 14.2 Å². The Bertz CT molecular complexity index is 1160. The van der Waals surface area contributed by atoms with E-state index in [4.69, 9.17) is 14.2 Å². The van der Waals surface area contributed by atoms with E-state index >= 15 is 0 Å². The van der Waals surface area contributed by atoms with Gasteiger partial charge in [0.25, 0.3) is 0 Å². The number of halogens is 1. The molecule has 7 nitrogen and oxygen atoms in total. The van der Waals surface area contributed by atoms with Crippen molar-refractivity contribution in [2.45, 2.75) is 57.3 Å². The van der Waals surface area contributed by atoms with Gasteiger partial charge in [-0.2, -0.15) is 0 Å². The van der Waals surface area contributed by atoms with Crippen molar-refractivity contribution >= 4 is 27.5 Å². The minimum Gasteiger partial charge on any atom is -0.496 e. The first kappa shape index (κ1) is 24.4. The van der Waals surface area contributed by atoms with E-state index < -0.39 is 24.0 Å². The molecule has 1 aromatic heterocycles. The number of aromatic nitrogens is 1. The number of carboxylic acid groups (broad SMARTS) is 1. The predicted molar refractivity (Wildman–Crippen MR) is 127 cm³/mol. The number of thiazole rings is 1. The normalized spacial score (nSPS) is 16.0. The number of aliphatic hydroxyl groups excluding tert-OH is 1. The summed E-state index contributed by atoms with van der Waals surface area (Å²) in [7, 11) is 3.11. The third-order valence-electron chi connectivity index (χ3n) is 6.28. The van der Waals surface area contributed by atoms with Gasteiger partial charge >= 0.3 is 5.97 Å². The highest BCUT2D eigenvalue weighted by molar-refractivity contribution is 7.18. The van der Waals surface area contributed by atoms with Crippen LogP contribution >= 0.6 is 11.3 Å². The molecule has 0 aliphatic heterocycles. The SMILES string of the molecule is COc1cc([C@@H](O)[C@H](Cc2nc3c(C(=O)O)ccc(F)c3s2)OC2CCCC2)cc(OC)c1C. The van der Waals surface area contributed by atoms with E-state index in [1.807, 2.05) is 6.92 Å². The van der Waals surface area contributed by atoms with E-state index in [9.17, 15) is 19.4 Å². The first-order chi connectivity index (χ1) is 16.3. The molecule has 0 amide bonds. The molecular weight excluding hydrogens is 461 g/mol. The van der Waals surface area contributed by atoms with Crippen molar-refractivity contribution in [3.8, 4) is 11.5 Å². The van der Waals surface area contributed by atoms with Gasteiger partial charge in [-0.1, -0.05) is 12.8 Å². The van der Waals surface area contributed by atoms with Gasteiger partial charge in [-0.15, -0.1) is 11.3 Å². The van der Waals surface area contributed by atoms with Gasteiger partial charge in [0.2, 0.25) is 0 Å². The molecule has 0 bridgehead atoms. The molecule has 0 saturated heterocycles. The molecule has 0 unspecified atom stereocenters. The molecule has 0 spiro atoms. The second kappa shape index (κ2) is 10.2. The number of aromatic carboxylic acids is 1. The van der Waals surface area contributed by atoms with Crippen LogP contribution in [-0.2, 0) is 11.2 Å². The molecule has 1 aliphatic carbocycles. The lowest BCUT2D eigenvalue weighted by Gasteiger charge is -2.27. The Balaban J connectivity index is 1.70. The number of rotatable bonds is 9. The smallest absolute Gasteiger partial charge is 0.337 e. The number of fused-ring (bicyclic) bond motifs is 1. The van der Waals surface area contributed by atoms with Gasteiger partial charge in [0.1, 0.15) is 23.4 Å². The Labute approximate surface area is 201 Å². The molecule has 182 valence electrons. The van der Waals surface area contributed by atoms with Crippen LogP contribution in [0.4, 0.5) is 4.39 Å². The molecule has 2 N–H and O–H groups in total. The first-order valence-electron chi connectivity index (χ1n) is 11.2. The second-order valence-electron chi connectivity index (χ2n) is 8.47. The number of ether oxygens (including phenoxy) is 3. The maximum Gasteiger partial charge on any atom is 0.337 e. The van der Waals surface area contributed by atoms with E-state index in [-0.39, 0.29) is 28.3 Å². The van der Waals surface area contributed by atoms with Crippen LogP contribution in [0, 0.1) is 12.7 Å². The summed E-state index contributed by atoms with van der Waals surface area (Å²) in [5, 5.41) is 21.3. The van der Waals surface area contributed by atoms with Crippen molar-refractivity contribution in [2.75, 3.05) is 14.2 Å². The molecule has 2 aromatic carbocycles. The lowest BCUT2D eigenvalue weighted by molar-refractivity contribution is -0.0753. The van der Waals surface area contributed by atoms with Gasteiger partial charge in [0.05, 0.1) is 47.2 Å². The van der Waals surface area contributed by atoms with Crippen molar-refractivity contribution < 1.29 is 33.6 Å². The fraction of sp³-hybridized carbons (Fsp3) is 0.440. The fourth-order valence-electron chi connectivity index (χ4n) is 4.45. The molecule has 34 heavy (non-hydrogen) atoms. The van der Waals surface area contributed by atoms with Crippen molar-refractivity contribution in [3.63, 3.8) is 0 Å². The first-order valence-corrected chi connectivity index (χ1v) is 12.0. The van der Waals surface area contributed by atoms with Crippen LogP contribution in [0.25, 0.3) is 10.2 Å². The third-order valence-corrected chi connectivity index (χ3v) is 7.37. The zero-order valence-corrected chi connectivity index (χ0v) is 20.2. The van der Waals surface area contributed by atoms with Crippen molar-refractivity contribution in [2.24, 2.45) is 0 Å². The van der Waals surface area contributed by atoms with Crippen LogP contribution < -0.4 is 9.47 Å². The van der Waals surface area contributed by atoms with Crippen molar-refractivity contribution in [3.05, 3.63) is 51.8 Å². The highest BCUT2D eigenvalue weighted by atomic mass is 32.1. The Morgan fingerprint density at radius 1 is 1.21 bits per heavy atom. The number of carboxylic acids is 1. The average molecular weight is 490 g/mol. The number of aliphatic hydroxyl groups is 1. The van der Waals surface area contributed by atoms with E-state index in [0.717, 1.165) is 48.6 Å². The van der Waals surface area contributed by atoms with Gasteiger partial charge < -0.3 is 24.4 Å². The summed E-state index contributed by atoms with van der Waals surface area (Å²) in [5.41, 5.74) is 1.44. The van der Waals surface area contributed by atoms with Crippen LogP contribution in [0.1, 0.15) is 58.3 Å². The van der Waals surface area contributed by atoms with Gasteiger partial charge in [-0.05, 0) is 49.6 Å². The Kier molecular flexibility index (Phi) is 7.35. The van der Waals surface area contributed by atoms with E-state index in [2.05, 4.69) is 4.98 Å². The van der Waals surface area contributed by atoms with Crippen LogP contribution in [-0.4, -0.2) is 47.6 Å². The number of carbonyl (C=O) groups is 1. The summed E-state index contributed by atoms with van der Waals surface area (Å²) in [4.78, 5) is 16.0. The van der Waals surface area contributed by atoms with E-state index in [1.165, 1.54) is 6.07 Å². The minimum atomic E-state index is -1.17. The van der Waals surface area contributed by atoms with Crippen LogP contribution in [0.3, 0.4) is 0 Å². The third kappa shape index (κ3) is 4.87. The van der Waals surface area contributed by atoms with Crippen molar-refractivity contribution in [1.82, 2.24) is 4.98 Å². The number of benzene rings is 2. The highest BCUT2D eigenvalue weighted by Crippen LogP contribution is 2.37. The number of hydrogen-bond donors (Lipinski definition) is 2. The minimum absolute atomic E-state index is 0.00887. The van der Waals surface area contributed by atoms with Gasteiger partial charge in [0.15, 0.2) is 0 Å². The molecule has 1 saturated carbocycles.